The fourth-order valence-corrected chi connectivity index (χ4v) is 3.95. The first-order valence-corrected chi connectivity index (χ1v) is 10.6. The number of methoxy groups -OCH3 is 1. The maximum Gasteiger partial charge on any atom is 0.266 e. The summed E-state index contributed by atoms with van der Waals surface area (Å²) in [6.07, 6.45) is 3.62. The van der Waals surface area contributed by atoms with Gasteiger partial charge in [-0.25, -0.2) is 4.99 Å². The molecule has 1 fully saturated rings. The minimum atomic E-state index is -0.0317. The van der Waals surface area contributed by atoms with E-state index in [9.17, 15) is 4.79 Å². The smallest absolute Gasteiger partial charge is 0.266 e. The molecule has 1 aliphatic rings. The van der Waals surface area contributed by atoms with Crippen LogP contribution in [0.15, 0.2) is 58.4 Å². The quantitative estimate of drug-likeness (QED) is 0.539. The predicted molar refractivity (Wildman–Crippen MR) is 120 cm³/mol. The number of thioether (sulfide) groups is 1. The van der Waals surface area contributed by atoms with Crippen molar-refractivity contribution < 1.29 is 14.3 Å². The minimum Gasteiger partial charge on any atom is -0.493 e. The number of amides is 1. The lowest BCUT2D eigenvalue weighted by Gasteiger charge is -2.14. The molecule has 0 unspecified atom stereocenters. The number of para-hydroxylation sites is 2. The Morgan fingerprint density at radius 3 is 2.55 bits per heavy atom. The standard InChI is InChI=1S/C23H26N2O3S/c1-4-14-25-22(26)20(29-23(25)24-18-11-7-6-8-12-18)16-17-10-9-13-19(27-3)21(17)28-15-5-2/h6-13,16H,4-5,14-15H2,1-3H3/b20-16+,24-23?. The number of amidine groups is 1. The zero-order valence-corrected chi connectivity index (χ0v) is 17.9. The van der Waals surface area contributed by atoms with Gasteiger partial charge < -0.3 is 9.47 Å². The lowest BCUT2D eigenvalue weighted by molar-refractivity contribution is -0.122. The second-order valence-electron chi connectivity index (χ2n) is 6.52. The molecule has 1 amide bonds. The first kappa shape index (κ1) is 21.0. The molecule has 0 aromatic heterocycles. The highest BCUT2D eigenvalue weighted by molar-refractivity contribution is 8.18. The van der Waals surface area contributed by atoms with Gasteiger partial charge in [0.2, 0.25) is 0 Å². The van der Waals surface area contributed by atoms with Gasteiger partial charge in [-0.15, -0.1) is 0 Å². The van der Waals surface area contributed by atoms with Crippen molar-refractivity contribution in [3.63, 3.8) is 0 Å². The molecule has 0 aliphatic carbocycles. The molecule has 152 valence electrons. The molecule has 1 aliphatic heterocycles. The van der Waals surface area contributed by atoms with Gasteiger partial charge in [0.05, 0.1) is 24.3 Å². The highest BCUT2D eigenvalue weighted by Crippen LogP contribution is 2.38. The summed E-state index contributed by atoms with van der Waals surface area (Å²) >= 11 is 1.39. The summed E-state index contributed by atoms with van der Waals surface area (Å²) in [7, 11) is 1.62. The second kappa shape index (κ2) is 10.2. The monoisotopic (exact) mass is 410 g/mol. The van der Waals surface area contributed by atoms with Gasteiger partial charge in [-0.2, -0.15) is 0 Å². The summed E-state index contributed by atoms with van der Waals surface area (Å²) in [5.41, 5.74) is 1.66. The fraction of sp³-hybridized carbons (Fsp3) is 0.304. The maximum atomic E-state index is 13.1. The zero-order valence-electron chi connectivity index (χ0n) is 17.1. The number of benzene rings is 2. The molecule has 1 heterocycles. The fourth-order valence-electron chi connectivity index (χ4n) is 2.93. The molecule has 29 heavy (non-hydrogen) atoms. The first-order chi connectivity index (χ1) is 14.2. The summed E-state index contributed by atoms with van der Waals surface area (Å²) in [5, 5.41) is 0.702. The first-order valence-electron chi connectivity index (χ1n) is 9.82. The van der Waals surface area contributed by atoms with Crippen molar-refractivity contribution in [1.82, 2.24) is 4.90 Å². The Morgan fingerprint density at radius 1 is 1.07 bits per heavy atom. The Bertz CT molecular complexity index is 910. The summed E-state index contributed by atoms with van der Waals surface area (Å²) in [6.45, 7) is 5.32. The molecular formula is C23H26N2O3S. The van der Waals surface area contributed by atoms with Crippen molar-refractivity contribution >= 4 is 34.6 Å². The second-order valence-corrected chi connectivity index (χ2v) is 7.53. The molecule has 6 heteroatoms. The molecule has 0 radical (unpaired) electrons. The van der Waals surface area contributed by atoms with E-state index in [2.05, 4.69) is 13.8 Å². The number of nitrogens with zero attached hydrogens (tertiary/aromatic N) is 2. The molecule has 5 nitrogen and oxygen atoms in total. The molecule has 3 rings (SSSR count). The van der Waals surface area contributed by atoms with Crippen LogP contribution in [0.4, 0.5) is 5.69 Å². The van der Waals surface area contributed by atoms with Gasteiger partial charge in [0, 0.05) is 12.1 Å². The topological polar surface area (TPSA) is 51.1 Å². The van der Waals surface area contributed by atoms with E-state index in [4.69, 9.17) is 14.5 Å². The lowest BCUT2D eigenvalue weighted by atomic mass is 10.1. The van der Waals surface area contributed by atoms with Crippen LogP contribution in [0.1, 0.15) is 32.3 Å². The van der Waals surface area contributed by atoms with Gasteiger partial charge in [-0.1, -0.05) is 44.2 Å². The predicted octanol–water partition coefficient (Wildman–Crippen LogP) is 5.50. The van der Waals surface area contributed by atoms with Crippen LogP contribution in [-0.4, -0.2) is 36.2 Å². The lowest BCUT2D eigenvalue weighted by Crippen LogP contribution is -2.29. The Morgan fingerprint density at radius 2 is 1.86 bits per heavy atom. The Hall–Kier alpha value is -2.73. The van der Waals surface area contributed by atoms with Crippen LogP contribution in [0.25, 0.3) is 6.08 Å². The highest BCUT2D eigenvalue weighted by Gasteiger charge is 2.33. The van der Waals surface area contributed by atoms with Crippen molar-refractivity contribution in [1.29, 1.82) is 0 Å². The Kier molecular flexibility index (Phi) is 7.36. The average Bonchev–Trinajstić information content (AvgIpc) is 3.02. The molecular weight excluding hydrogens is 384 g/mol. The van der Waals surface area contributed by atoms with Gasteiger partial charge in [-0.05, 0) is 48.9 Å². The van der Waals surface area contributed by atoms with Crippen LogP contribution in [0.5, 0.6) is 11.5 Å². The van der Waals surface area contributed by atoms with E-state index < -0.39 is 0 Å². The molecule has 0 saturated carbocycles. The van der Waals surface area contributed by atoms with E-state index in [1.54, 1.807) is 12.0 Å². The third-order valence-electron chi connectivity index (χ3n) is 4.28. The van der Waals surface area contributed by atoms with E-state index in [0.717, 1.165) is 24.1 Å². The van der Waals surface area contributed by atoms with Crippen molar-refractivity contribution in [3.05, 3.63) is 59.0 Å². The van der Waals surface area contributed by atoms with Crippen molar-refractivity contribution in [3.8, 4) is 11.5 Å². The number of carbonyl (C=O) groups is 1. The van der Waals surface area contributed by atoms with E-state index in [1.165, 1.54) is 11.8 Å². The third kappa shape index (κ3) is 5.01. The molecule has 2 aromatic rings. The van der Waals surface area contributed by atoms with Crippen LogP contribution in [0.3, 0.4) is 0 Å². The highest BCUT2D eigenvalue weighted by atomic mass is 32.2. The van der Waals surface area contributed by atoms with Crippen molar-refractivity contribution in [2.24, 2.45) is 4.99 Å². The molecule has 0 N–H and O–H groups in total. The Labute approximate surface area is 176 Å². The molecule has 2 aromatic carbocycles. The summed E-state index contributed by atoms with van der Waals surface area (Å²) in [5.74, 6) is 1.29. The van der Waals surface area contributed by atoms with Gasteiger partial charge in [0.1, 0.15) is 0 Å². The summed E-state index contributed by atoms with van der Waals surface area (Å²) in [6, 6.07) is 15.4. The Balaban J connectivity index is 1.98. The number of carbonyl (C=O) groups excluding carboxylic acids is 1. The van der Waals surface area contributed by atoms with Crippen LogP contribution in [-0.2, 0) is 4.79 Å². The van der Waals surface area contributed by atoms with Gasteiger partial charge in [-0.3, -0.25) is 9.69 Å². The maximum absolute atomic E-state index is 13.1. The number of ether oxygens (including phenoxy) is 2. The molecule has 1 saturated heterocycles. The van der Waals surface area contributed by atoms with Gasteiger partial charge >= 0.3 is 0 Å². The van der Waals surface area contributed by atoms with Gasteiger partial charge in [0.25, 0.3) is 5.91 Å². The van der Waals surface area contributed by atoms with Crippen LogP contribution in [0, 0.1) is 0 Å². The van der Waals surface area contributed by atoms with Crippen molar-refractivity contribution in [2.45, 2.75) is 26.7 Å². The zero-order chi connectivity index (χ0) is 20.6. The number of rotatable bonds is 8. The van der Waals surface area contributed by atoms with Crippen LogP contribution < -0.4 is 9.47 Å². The minimum absolute atomic E-state index is 0.0317. The largest absolute Gasteiger partial charge is 0.493 e. The van der Waals surface area contributed by atoms with E-state index in [-0.39, 0.29) is 5.91 Å². The van der Waals surface area contributed by atoms with Crippen molar-refractivity contribution in [2.75, 3.05) is 20.3 Å². The van der Waals surface area contributed by atoms with E-state index in [0.29, 0.717) is 34.7 Å². The number of aliphatic imine (C=N–C) groups is 1. The normalized spacial score (nSPS) is 16.7. The number of hydrogen-bond acceptors (Lipinski definition) is 5. The SMILES string of the molecule is CCCOc1c(/C=C2/SC(=Nc3ccccc3)N(CCC)C2=O)cccc1OC. The van der Waals surface area contributed by atoms with Gasteiger partial charge in [0.15, 0.2) is 16.7 Å². The van der Waals surface area contributed by atoms with Crippen LogP contribution in [0.2, 0.25) is 0 Å². The summed E-state index contributed by atoms with van der Waals surface area (Å²) in [4.78, 5) is 20.1. The van der Waals surface area contributed by atoms with Crippen LogP contribution >= 0.6 is 11.8 Å². The molecule has 0 atom stereocenters. The molecule has 0 spiro atoms. The average molecular weight is 411 g/mol. The summed E-state index contributed by atoms with van der Waals surface area (Å²) < 4.78 is 11.4. The third-order valence-corrected chi connectivity index (χ3v) is 5.29. The molecule has 0 bridgehead atoms. The van der Waals surface area contributed by atoms with E-state index >= 15 is 0 Å². The van der Waals surface area contributed by atoms with E-state index in [1.807, 2.05) is 54.6 Å². The number of hydrogen-bond donors (Lipinski definition) is 0.